The van der Waals surface area contributed by atoms with Crippen LogP contribution in [0.3, 0.4) is 0 Å². The van der Waals surface area contributed by atoms with Gasteiger partial charge in [0, 0.05) is 11.1 Å². The number of hydrogen-bond acceptors (Lipinski definition) is 6. The van der Waals surface area contributed by atoms with Crippen LogP contribution in [0, 0.1) is 20.8 Å². The molecule has 0 bridgehead atoms. The number of aryl methyl sites for hydroxylation is 3. The zero-order valence-electron chi connectivity index (χ0n) is 11.0. The Morgan fingerprint density at radius 3 is 2.79 bits per heavy atom. The SMILES string of the molecule is Cc1nc(NCc2ncc(C)s2)c2c(C)csc2n1. The van der Waals surface area contributed by atoms with Crippen LogP contribution in [0.4, 0.5) is 5.82 Å². The minimum absolute atomic E-state index is 0.708. The average molecular weight is 290 g/mol. The summed E-state index contributed by atoms with van der Waals surface area (Å²) in [5, 5.41) is 7.72. The van der Waals surface area contributed by atoms with Crippen LogP contribution >= 0.6 is 22.7 Å². The number of rotatable bonds is 3. The molecule has 3 rings (SSSR count). The van der Waals surface area contributed by atoms with Crippen molar-refractivity contribution < 1.29 is 0 Å². The van der Waals surface area contributed by atoms with Gasteiger partial charge in [-0.15, -0.1) is 22.7 Å². The van der Waals surface area contributed by atoms with Crippen LogP contribution < -0.4 is 5.32 Å². The molecule has 0 amide bonds. The second-order valence-corrected chi connectivity index (χ2v) is 6.61. The molecule has 0 aromatic carbocycles. The molecule has 0 saturated heterocycles. The van der Waals surface area contributed by atoms with Gasteiger partial charge in [0.1, 0.15) is 21.5 Å². The summed E-state index contributed by atoms with van der Waals surface area (Å²) in [6, 6.07) is 0. The molecule has 98 valence electrons. The van der Waals surface area contributed by atoms with Gasteiger partial charge in [0.25, 0.3) is 0 Å². The van der Waals surface area contributed by atoms with Crippen molar-refractivity contribution in [2.24, 2.45) is 0 Å². The van der Waals surface area contributed by atoms with Crippen molar-refractivity contribution in [2.45, 2.75) is 27.3 Å². The molecule has 4 nitrogen and oxygen atoms in total. The standard InChI is InChI=1S/C13H14N4S2/c1-7-6-18-13-11(7)12(16-9(3)17-13)15-5-10-14-4-8(2)19-10/h4,6H,5H2,1-3H3,(H,15,16,17). The number of nitrogens with one attached hydrogen (secondary N) is 1. The van der Waals surface area contributed by atoms with Crippen molar-refractivity contribution in [1.29, 1.82) is 0 Å². The Balaban J connectivity index is 1.93. The Morgan fingerprint density at radius 1 is 1.21 bits per heavy atom. The predicted octanol–water partition coefficient (Wildman–Crippen LogP) is 3.69. The molecule has 0 aliphatic heterocycles. The van der Waals surface area contributed by atoms with Crippen LogP contribution in [-0.4, -0.2) is 15.0 Å². The molecule has 0 aliphatic rings. The van der Waals surface area contributed by atoms with E-state index in [2.05, 4.69) is 39.5 Å². The zero-order valence-corrected chi connectivity index (χ0v) is 12.7. The van der Waals surface area contributed by atoms with E-state index in [0.29, 0.717) is 6.54 Å². The largest absolute Gasteiger partial charge is 0.363 e. The van der Waals surface area contributed by atoms with Crippen molar-refractivity contribution >= 4 is 38.7 Å². The summed E-state index contributed by atoms with van der Waals surface area (Å²) >= 11 is 3.37. The molecule has 3 heterocycles. The monoisotopic (exact) mass is 290 g/mol. The first-order valence-electron chi connectivity index (χ1n) is 6.01. The highest BCUT2D eigenvalue weighted by molar-refractivity contribution is 7.17. The molecule has 0 fully saturated rings. The first kappa shape index (κ1) is 12.5. The van der Waals surface area contributed by atoms with E-state index in [-0.39, 0.29) is 0 Å². The third-order valence-corrected chi connectivity index (χ3v) is 4.71. The fraction of sp³-hybridized carbons (Fsp3) is 0.308. The molecule has 3 aromatic rings. The maximum Gasteiger partial charge on any atom is 0.139 e. The minimum atomic E-state index is 0.708. The van der Waals surface area contributed by atoms with E-state index < -0.39 is 0 Å². The number of nitrogens with zero attached hydrogens (tertiary/aromatic N) is 3. The smallest absolute Gasteiger partial charge is 0.139 e. The maximum absolute atomic E-state index is 4.52. The maximum atomic E-state index is 4.52. The van der Waals surface area contributed by atoms with E-state index >= 15 is 0 Å². The van der Waals surface area contributed by atoms with Crippen molar-refractivity contribution in [3.63, 3.8) is 0 Å². The average Bonchev–Trinajstić information content (AvgIpc) is 2.93. The summed E-state index contributed by atoms with van der Waals surface area (Å²) in [6.45, 7) is 6.79. The lowest BCUT2D eigenvalue weighted by Gasteiger charge is -2.06. The fourth-order valence-corrected chi connectivity index (χ4v) is 3.65. The number of thiazole rings is 1. The number of hydrogen-bond donors (Lipinski definition) is 1. The second-order valence-electron chi connectivity index (χ2n) is 4.44. The summed E-state index contributed by atoms with van der Waals surface area (Å²) in [5.74, 6) is 1.71. The van der Waals surface area contributed by atoms with Crippen LogP contribution in [0.5, 0.6) is 0 Å². The first-order valence-corrected chi connectivity index (χ1v) is 7.70. The summed E-state index contributed by atoms with van der Waals surface area (Å²) in [6.07, 6.45) is 1.90. The van der Waals surface area contributed by atoms with E-state index in [1.54, 1.807) is 22.7 Å². The molecule has 19 heavy (non-hydrogen) atoms. The van der Waals surface area contributed by atoms with Gasteiger partial charge in [0.15, 0.2) is 0 Å². The fourth-order valence-electron chi connectivity index (χ4n) is 1.96. The van der Waals surface area contributed by atoms with E-state index in [1.165, 1.54) is 10.4 Å². The van der Waals surface area contributed by atoms with E-state index in [9.17, 15) is 0 Å². The predicted molar refractivity (Wildman–Crippen MR) is 81.1 cm³/mol. The Morgan fingerprint density at radius 2 is 2.05 bits per heavy atom. The number of anilines is 1. The lowest BCUT2D eigenvalue weighted by Crippen LogP contribution is -2.03. The van der Waals surface area contributed by atoms with E-state index in [1.807, 2.05) is 13.1 Å². The van der Waals surface area contributed by atoms with Gasteiger partial charge in [0.2, 0.25) is 0 Å². The van der Waals surface area contributed by atoms with E-state index in [4.69, 9.17) is 0 Å². The van der Waals surface area contributed by atoms with Crippen molar-refractivity contribution in [3.8, 4) is 0 Å². The summed E-state index contributed by atoms with van der Waals surface area (Å²) in [7, 11) is 0. The minimum Gasteiger partial charge on any atom is -0.363 e. The van der Waals surface area contributed by atoms with Gasteiger partial charge in [0.05, 0.1) is 11.9 Å². The molecule has 0 unspecified atom stereocenters. The van der Waals surface area contributed by atoms with Gasteiger partial charge in [-0.1, -0.05) is 0 Å². The Bertz CT molecular complexity index is 729. The lowest BCUT2D eigenvalue weighted by molar-refractivity contribution is 1.04. The lowest BCUT2D eigenvalue weighted by atomic mass is 10.2. The Labute approximate surface area is 119 Å². The van der Waals surface area contributed by atoms with Crippen LogP contribution in [0.15, 0.2) is 11.6 Å². The van der Waals surface area contributed by atoms with Gasteiger partial charge in [-0.2, -0.15) is 0 Å². The summed E-state index contributed by atoms with van der Waals surface area (Å²) in [4.78, 5) is 15.6. The molecule has 6 heteroatoms. The van der Waals surface area contributed by atoms with Crippen LogP contribution in [-0.2, 0) is 6.54 Å². The number of thiophene rings is 1. The highest BCUT2D eigenvalue weighted by atomic mass is 32.1. The molecular formula is C13H14N4S2. The molecule has 0 saturated carbocycles. The molecule has 0 radical (unpaired) electrons. The molecule has 0 spiro atoms. The van der Waals surface area contributed by atoms with Gasteiger partial charge < -0.3 is 5.32 Å². The molecule has 0 atom stereocenters. The zero-order chi connectivity index (χ0) is 13.4. The van der Waals surface area contributed by atoms with Crippen LogP contribution in [0.2, 0.25) is 0 Å². The highest BCUT2D eigenvalue weighted by Crippen LogP contribution is 2.29. The third-order valence-electron chi connectivity index (χ3n) is 2.81. The number of fused-ring (bicyclic) bond motifs is 1. The normalized spacial score (nSPS) is 11.1. The third kappa shape index (κ3) is 2.46. The quantitative estimate of drug-likeness (QED) is 0.799. The Kier molecular flexibility index (Phi) is 3.20. The van der Waals surface area contributed by atoms with Gasteiger partial charge in [-0.3, -0.25) is 0 Å². The number of aromatic nitrogens is 3. The molecule has 0 aliphatic carbocycles. The highest BCUT2D eigenvalue weighted by Gasteiger charge is 2.10. The second kappa shape index (κ2) is 4.86. The van der Waals surface area contributed by atoms with Crippen LogP contribution in [0.1, 0.15) is 21.3 Å². The molecule has 1 N–H and O–H groups in total. The van der Waals surface area contributed by atoms with Crippen molar-refractivity contribution in [1.82, 2.24) is 15.0 Å². The van der Waals surface area contributed by atoms with Crippen molar-refractivity contribution in [2.75, 3.05) is 5.32 Å². The van der Waals surface area contributed by atoms with Crippen LogP contribution in [0.25, 0.3) is 10.2 Å². The Hall–Kier alpha value is -1.53. The molecular weight excluding hydrogens is 276 g/mol. The van der Waals surface area contributed by atoms with Crippen molar-refractivity contribution in [3.05, 3.63) is 32.8 Å². The topological polar surface area (TPSA) is 50.7 Å². The summed E-state index contributed by atoms with van der Waals surface area (Å²) < 4.78 is 0. The summed E-state index contributed by atoms with van der Waals surface area (Å²) in [5.41, 5.74) is 1.22. The van der Waals surface area contributed by atoms with Gasteiger partial charge in [-0.05, 0) is 31.7 Å². The van der Waals surface area contributed by atoms with Gasteiger partial charge >= 0.3 is 0 Å². The van der Waals surface area contributed by atoms with E-state index in [0.717, 1.165) is 26.9 Å². The molecule has 3 aromatic heterocycles. The van der Waals surface area contributed by atoms with Gasteiger partial charge in [-0.25, -0.2) is 15.0 Å². The first-order chi connectivity index (χ1) is 9.13.